The van der Waals surface area contributed by atoms with Gasteiger partial charge in [-0.1, -0.05) is 13.8 Å². The summed E-state index contributed by atoms with van der Waals surface area (Å²) in [4.78, 5) is 0.376. The minimum atomic E-state index is -3.39. The van der Waals surface area contributed by atoms with Crippen LogP contribution in [-0.2, 0) is 23.1 Å². The van der Waals surface area contributed by atoms with Gasteiger partial charge in [0, 0.05) is 37.6 Å². The van der Waals surface area contributed by atoms with Crippen LogP contribution in [0.25, 0.3) is 0 Å². The van der Waals surface area contributed by atoms with Crippen LogP contribution in [0.15, 0.2) is 17.2 Å². The number of nitrogens with one attached hydrogen (secondary N) is 2. The molecular weight excluding hydrogens is 286 g/mol. The molecule has 0 unspecified atom stereocenters. The van der Waals surface area contributed by atoms with Gasteiger partial charge in [0.15, 0.2) is 0 Å². The summed E-state index contributed by atoms with van der Waals surface area (Å²) in [5.41, 5.74) is 1.04. The molecule has 0 atom stereocenters. The van der Waals surface area contributed by atoms with E-state index in [0.29, 0.717) is 23.4 Å². The van der Waals surface area contributed by atoms with Crippen molar-refractivity contribution in [1.82, 2.24) is 14.6 Å². The highest BCUT2D eigenvalue weighted by atomic mass is 32.2. The van der Waals surface area contributed by atoms with Gasteiger partial charge in [-0.15, -0.1) is 0 Å². The normalized spacial score (nSPS) is 15.8. The number of aromatic nitrogens is 1. The van der Waals surface area contributed by atoms with Crippen molar-refractivity contribution in [2.75, 3.05) is 6.54 Å². The lowest BCUT2D eigenvalue weighted by molar-refractivity contribution is 0.551. The van der Waals surface area contributed by atoms with Gasteiger partial charge >= 0.3 is 0 Å². The van der Waals surface area contributed by atoms with E-state index in [1.54, 1.807) is 12.3 Å². The van der Waals surface area contributed by atoms with Crippen molar-refractivity contribution in [2.24, 2.45) is 5.92 Å². The molecule has 0 spiro atoms. The van der Waals surface area contributed by atoms with Crippen molar-refractivity contribution in [2.45, 2.75) is 64.1 Å². The first-order valence-corrected chi connectivity index (χ1v) is 9.32. The predicted molar refractivity (Wildman–Crippen MR) is 84.6 cm³/mol. The Bertz CT molecular complexity index is 559. The van der Waals surface area contributed by atoms with Gasteiger partial charge in [0.05, 0.1) is 4.90 Å². The van der Waals surface area contributed by atoms with Crippen LogP contribution < -0.4 is 10.0 Å². The first-order chi connectivity index (χ1) is 9.92. The quantitative estimate of drug-likeness (QED) is 0.734. The lowest BCUT2D eigenvalue weighted by atomic mass is 10.1. The Labute approximate surface area is 128 Å². The third-order valence-electron chi connectivity index (χ3n) is 3.77. The molecule has 2 rings (SSSR count). The SMILES string of the molecule is CCn1cc(S(=O)(=O)NCCC(C)C)cc1CNC1CC1. The molecule has 1 aromatic heterocycles. The van der Waals surface area contributed by atoms with Crippen molar-refractivity contribution in [3.05, 3.63) is 18.0 Å². The highest BCUT2D eigenvalue weighted by Gasteiger charge is 2.22. The van der Waals surface area contributed by atoms with E-state index in [1.807, 2.05) is 11.5 Å². The number of sulfonamides is 1. The Morgan fingerprint density at radius 2 is 2.10 bits per heavy atom. The third kappa shape index (κ3) is 4.83. The molecule has 1 aliphatic carbocycles. The fraction of sp³-hybridized carbons (Fsp3) is 0.733. The van der Waals surface area contributed by atoms with Crippen LogP contribution in [0.2, 0.25) is 0 Å². The molecule has 1 heterocycles. The largest absolute Gasteiger partial charge is 0.349 e. The summed E-state index contributed by atoms with van der Waals surface area (Å²) < 4.78 is 29.3. The van der Waals surface area contributed by atoms with E-state index in [9.17, 15) is 8.42 Å². The molecule has 1 saturated carbocycles. The fourth-order valence-corrected chi connectivity index (χ4v) is 3.33. The van der Waals surface area contributed by atoms with Crippen LogP contribution in [0.4, 0.5) is 0 Å². The average molecular weight is 313 g/mol. The zero-order valence-electron chi connectivity index (χ0n) is 13.2. The minimum Gasteiger partial charge on any atom is -0.349 e. The topological polar surface area (TPSA) is 63.1 Å². The summed E-state index contributed by atoms with van der Waals surface area (Å²) in [7, 11) is -3.39. The molecule has 21 heavy (non-hydrogen) atoms. The Hall–Kier alpha value is -0.850. The van der Waals surface area contributed by atoms with E-state index in [1.165, 1.54) is 12.8 Å². The molecule has 6 heteroatoms. The van der Waals surface area contributed by atoms with Crippen LogP contribution in [0.5, 0.6) is 0 Å². The second-order valence-electron chi connectivity index (χ2n) is 6.19. The summed E-state index contributed by atoms with van der Waals surface area (Å²) >= 11 is 0. The number of hydrogen-bond donors (Lipinski definition) is 2. The molecule has 0 aromatic carbocycles. The molecule has 0 saturated heterocycles. The smallest absolute Gasteiger partial charge is 0.242 e. The van der Waals surface area contributed by atoms with Crippen molar-refractivity contribution < 1.29 is 8.42 Å². The molecule has 0 bridgehead atoms. The molecule has 1 aliphatic rings. The molecule has 0 amide bonds. The van der Waals surface area contributed by atoms with Gasteiger partial charge < -0.3 is 9.88 Å². The van der Waals surface area contributed by atoms with Crippen LogP contribution in [0, 0.1) is 5.92 Å². The summed E-state index contributed by atoms with van der Waals surface area (Å²) in [6.07, 6.45) is 5.05. The van der Waals surface area contributed by atoms with Crippen LogP contribution in [-0.4, -0.2) is 25.6 Å². The van der Waals surface area contributed by atoms with Gasteiger partial charge in [-0.3, -0.25) is 0 Å². The zero-order valence-corrected chi connectivity index (χ0v) is 14.0. The summed E-state index contributed by atoms with van der Waals surface area (Å²) in [5.74, 6) is 0.492. The highest BCUT2D eigenvalue weighted by molar-refractivity contribution is 7.89. The predicted octanol–water partition coefficient (Wildman–Crippen LogP) is 2.08. The first-order valence-electron chi connectivity index (χ1n) is 7.84. The second-order valence-corrected chi connectivity index (χ2v) is 7.96. The monoisotopic (exact) mass is 313 g/mol. The molecule has 5 nitrogen and oxygen atoms in total. The third-order valence-corrected chi connectivity index (χ3v) is 5.20. The molecule has 1 aromatic rings. The van der Waals surface area contributed by atoms with Crippen LogP contribution in [0.3, 0.4) is 0 Å². The van der Waals surface area contributed by atoms with Gasteiger partial charge in [-0.25, -0.2) is 13.1 Å². The van der Waals surface area contributed by atoms with Crippen molar-refractivity contribution in [3.63, 3.8) is 0 Å². The van der Waals surface area contributed by atoms with E-state index in [4.69, 9.17) is 0 Å². The minimum absolute atomic E-state index is 0.376. The Kier molecular flexibility index (Phi) is 5.46. The van der Waals surface area contributed by atoms with Crippen LogP contribution >= 0.6 is 0 Å². The lowest BCUT2D eigenvalue weighted by Gasteiger charge is -2.06. The van der Waals surface area contributed by atoms with E-state index >= 15 is 0 Å². The maximum atomic E-state index is 12.3. The molecule has 2 N–H and O–H groups in total. The number of nitrogens with zero attached hydrogens (tertiary/aromatic N) is 1. The standard InChI is InChI=1S/C15H27N3O2S/c1-4-18-11-15(9-14(18)10-16-13-5-6-13)21(19,20)17-8-7-12(2)3/h9,11-13,16-17H,4-8,10H2,1-3H3. The van der Waals surface area contributed by atoms with E-state index < -0.39 is 10.0 Å². The number of rotatable bonds is 9. The summed E-state index contributed by atoms with van der Waals surface area (Å²) in [5, 5.41) is 3.43. The molecule has 120 valence electrons. The first kappa shape index (κ1) is 16.5. The van der Waals surface area contributed by atoms with Crippen molar-refractivity contribution in [3.8, 4) is 0 Å². The van der Waals surface area contributed by atoms with Gasteiger partial charge in [-0.2, -0.15) is 0 Å². The van der Waals surface area contributed by atoms with E-state index in [2.05, 4.69) is 23.9 Å². The summed E-state index contributed by atoms with van der Waals surface area (Å²) in [6.45, 7) is 8.21. The maximum absolute atomic E-state index is 12.3. The van der Waals surface area contributed by atoms with Crippen molar-refractivity contribution >= 4 is 10.0 Å². The second kappa shape index (κ2) is 6.94. The fourth-order valence-electron chi connectivity index (χ4n) is 2.22. The molecule has 0 radical (unpaired) electrons. The molecular formula is C15H27N3O2S. The van der Waals surface area contributed by atoms with E-state index in [0.717, 1.165) is 25.2 Å². The average Bonchev–Trinajstić information content (AvgIpc) is 3.13. The Morgan fingerprint density at radius 3 is 2.67 bits per heavy atom. The number of aryl methyl sites for hydroxylation is 1. The molecule has 0 aliphatic heterocycles. The van der Waals surface area contributed by atoms with Gasteiger partial charge in [0.2, 0.25) is 10.0 Å². The molecule has 1 fully saturated rings. The van der Waals surface area contributed by atoms with Crippen molar-refractivity contribution in [1.29, 1.82) is 0 Å². The summed E-state index contributed by atoms with van der Waals surface area (Å²) in [6, 6.07) is 2.41. The highest BCUT2D eigenvalue weighted by Crippen LogP contribution is 2.20. The zero-order chi connectivity index (χ0) is 15.5. The van der Waals surface area contributed by atoms with Gasteiger partial charge in [-0.05, 0) is 38.2 Å². The van der Waals surface area contributed by atoms with Gasteiger partial charge in [0.1, 0.15) is 0 Å². The van der Waals surface area contributed by atoms with Gasteiger partial charge in [0.25, 0.3) is 0 Å². The van der Waals surface area contributed by atoms with E-state index in [-0.39, 0.29) is 0 Å². The Balaban J connectivity index is 2.03. The maximum Gasteiger partial charge on any atom is 0.242 e. The lowest BCUT2D eigenvalue weighted by Crippen LogP contribution is -2.25. The van der Waals surface area contributed by atoms with Crippen LogP contribution in [0.1, 0.15) is 45.7 Å². The Morgan fingerprint density at radius 1 is 1.38 bits per heavy atom. The number of hydrogen-bond acceptors (Lipinski definition) is 3.